The maximum absolute atomic E-state index is 11.6. The van der Waals surface area contributed by atoms with Gasteiger partial charge in [0.2, 0.25) is 0 Å². The van der Waals surface area contributed by atoms with Gasteiger partial charge in [0.25, 0.3) is 0 Å². The Morgan fingerprint density at radius 2 is 1.95 bits per heavy atom. The van der Waals surface area contributed by atoms with Gasteiger partial charge in [-0.15, -0.1) is 0 Å². The van der Waals surface area contributed by atoms with Crippen LogP contribution in [0.1, 0.15) is 51.9 Å². The van der Waals surface area contributed by atoms with Crippen molar-refractivity contribution in [2.24, 2.45) is 11.7 Å². The first-order valence-corrected chi connectivity index (χ1v) is 7.99. The van der Waals surface area contributed by atoms with Gasteiger partial charge in [0, 0.05) is 19.1 Å². The molecule has 0 bridgehead atoms. The zero-order valence-corrected chi connectivity index (χ0v) is 12.3. The normalized spacial score (nSPS) is 29.4. The van der Waals surface area contributed by atoms with Crippen LogP contribution < -0.4 is 5.73 Å². The molecule has 0 spiro atoms. The first-order chi connectivity index (χ1) is 9.20. The van der Waals surface area contributed by atoms with Crippen LogP contribution in [0.15, 0.2) is 0 Å². The summed E-state index contributed by atoms with van der Waals surface area (Å²) in [5, 5.41) is 0. The van der Waals surface area contributed by atoms with Gasteiger partial charge in [0.1, 0.15) is 0 Å². The summed E-state index contributed by atoms with van der Waals surface area (Å²) in [7, 11) is 0. The van der Waals surface area contributed by atoms with Crippen LogP contribution in [0, 0.1) is 5.92 Å². The van der Waals surface area contributed by atoms with Crippen molar-refractivity contribution in [1.29, 1.82) is 0 Å². The number of nitrogens with zero attached hydrogens (tertiary/aromatic N) is 2. The van der Waals surface area contributed by atoms with Crippen molar-refractivity contribution in [2.75, 3.05) is 26.2 Å². The molecule has 2 heterocycles. The van der Waals surface area contributed by atoms with E-state index in [-0.39, 0.29) is 6.03 Å². The Kier molecular flexibility index (Phi) is 5.49. The number of hydrogen-bond donors (Lipinski definition) is 1. The van der Waals surface area contributed by atoms with Crippen LogP contribution in [0.4, 0.5) is 4.79 Å². The lowest BCUT2D eigenvalue weighted by Crippen LogP contribution is -2.50. The number of piperidine rings is 2. The minimum Gasteiger partial charge on any atom is -0.351 e. The number of primary amides is 1. The van der Waals surface area contributed by atoms with Crippen LogP contribution >= 0.6 is 0 Å². The van der Waals surface area contributed by atoms with E-state index in [0.29, 0.717) is 12.0 Å². The van der Waals surface area contributed by atoms with E-state index in [4.69, 9.17) is 5.73 Å². The van der Waals surface area contributed by atoms with Gasteiger partial charge in [0.05, 0.1) is 0 Å². The van der Waals surface area contributed by atoms with E-state index in [1.807, 2.05) is 4.90 Å². The molecular weight excluding hydrogens is 238 g/mol. The Morgan fingerprint density at radius 3 is 2.58 bits per heavy atom. The molecule has 2 aliphatic heterocycles. The quantitative estimate of drug-likeness (QED) is 0.850. The van der Waals surface area contributed by atoms with Gasteiger partial charge < -0.3 is 15.5 Å². The monoisotopic (exact) mass is 267 g/mol. The highest BCUT2D eigenvalue weighted by Crippen LogP contribution is 2.26. The molecule has 0 aliphatic carbocycles. The van der Waals surface area contributed by atoms with E-state index in [0.717, 1.165) is 32.4 Å². The molecule has 0 radical (unpaired) electrons. The largest absolute Gasteiger partial charge is 0.351 e. The van der Waals surface area contributed by atoms with Crippen LogP contribution in [-0.2, 0) is 0 Å². The average molecular weight is 267 g/mol. The molecule has 2 fully saturated rings. The molecule has 0 saturated carbocycles. The van der Waals surface area contributed by atoms with Crippen molar-refractivity contribution >= 4 is 6.03 Å². The van der Waals surface area contributed by atoms with Gasteiger partial charge in [-0.05, 0) is 51.1 Å². The second-order valence-electron chi connectivity index (χ2n) is 6.19. The summed E-state index contributed by atoms with van der Waals surface area (Å²) in [6.45, 7) is 6.68. The molecule has 0 aromatic carbocycles. The van der Waals surface area contributed by atoms with Crippen molar-refractivity contribution in [3.8, 4) is 0 Å². The van der Waals surface area contributed by atoms with Gasteiger partial charge >= 0.3 is 6.03 Å². The fourth-order valence-corrected chi connectivity index (χ4v) is 3.52. The molecule has 2 rings (SSSR count). The molecular formula is C15H29N3O. The van der Waals surface area contributed by atoms with Crippen LogP contribution in [0.5, 0.6) is 0 Å². The highest BCUT2D eigenvalue weighted by atomic mass is 16.2. The highest BCUT2D eigenvalue weighted by molar-refractivity contribution is 5.72. The van der Waals surface area contributed by atoms with Crippen molar-refractivity contribution in [3.63, 3.8) is 0 Å². The molecule has 2 amide bonds. The minimum atomic E-state index is -0.221. The van der Waals surface area contributed by atoms with Crippen molar-refractivity contribution in [2.45, 2.75) is 57.9 Å². The summed E-state index contributed by atoms with van der Waals surface area (Å²) in [5.74, 6) is 0.652. The molecule has 19 heavy (non-hydrogen) atoms. The number of likely N-dealkylation sites (tertiary alicyclic amines) is 2. The maximum atomic E-state index is 11.6. The molecule has 4 heteroatoms. The number of hydrogen-bond acceptors (Lipinski definition) is 2. The number of carbonyl (C=O) groups is 1. The molecule has 4 nitrogen and oxygen atoms in total. The lowest BCUT2D eigenvalue weighted by Gasteiger charge is -2.39. The van der Waals surface area contributed by atoms with Crippen LogP contribution in [0.3, 0.4) is 0 Å². The number of nitrogens with two attached hydrogens (primary N) is 1. The van der Waals surface area contributed by atoms with Gasteiger partial charge in [0.15, 0.2) is 0 Å². The minimum absolute atomic E-state index is 0.221. The number of carbonyl (C=O) groups excluding carboxylic acids is 1. The zero-order chi connectivity index (χ0) is 13.7. The molecule has 0 aromatic heterocycles. The van der Waals surface area contributed by atoms with E-state index < -0.39 is 0 Å². The molecule has 2 aliphatic rings. The van der Waals surface area contributed by atoms with Crippen LogP contribution in [0.25, 0.3) is 0 Å². The summed E-state index contributed by atoms with van der Waals surface area (Å²) in [4.78, 5) is 16.1. The first-order valence-electron chi connectivity index (χ1n) is 7.99. The van der Waals surface area contributed by atoms with E-state index in [9.17, 15) is 4.79 Å². The molecule has 2 N–H and O–H groups in total. The Hall–Kier alpha value is -0.770. The average Bonchev–Trinajstić information content (AvgIpc) is 2.46. The number of amides is 2. The summed E-state index contributed by atoms with van der Waals surface area (Å²) in [6.07, 6.45) is 8.69. The second-order valence-corrected chi connectivity index (χ2v) is 6.19. The summed E-state index contributed by atoms with van der Waals surface area (Å²) in [6, 6.07) is 0.157. The molecule has 0 aromatic rings. The molecule has 2 unspecified atom stereocenters. The van der Waals surface area contributed by atoms with Gasteiger partial charge in [-0.25, -0.2) is 4.79 Å². The smallest absolute Gasteiger partial charge is 0.315 e. The lowest BCUT2D eigenvalue weighted by atomic mass is 9.89. The van der Waals surface area contributed by atoms with Crippen molar-refractivity contribution < 1.29 is 4.79 Å². The zero-order valence-electron chi connectivity index (χ0n) is 12.3. The van der Waals surface area contributed by atoms with Crippen molar-refractivity contribution in [1.82, 2.24) is 9.80 Å². The molecule has 2 saturated heterocycles. The third kappa shape index (κ3) is 4.10. The summed E-state index contributed by atoms with van der Waals surface area (Å²) >= 11 is 0. The van der Waals surface area contributed by atoms with Crippen LogP contribution in [-0.4, -0.2) is 48.1 Å². The van der Waals surface area contributed by atoms with Gasteiger partial charge in [-0.3, -0.25) is 0 Å². The number of urea groups is 1. The fraction of sp³-hybridized carbons (Fsp3) is 0.933. The lowest BCUT2D eigenvalue weighted by molar-refractivity contribution is 0.112. The topological polar surface area (TPSA) is 49.6 Å². The number of rotatable bonds is 4. The van der Waals surface area contributed by atoms with E-state index in [2.05, 4.69) is 11.8 Å². The van der Waals surface area contributed by atoms with E-state index >= 15 is 0 Å². The predicted molar refractivity (Wildman–Crippen MR) is 78.0 cm³/mol. The maximum Gasteiger partial charge on any atom is 0.315 e. The standard InChI is InChI=1S/C15H29N3O/c1-2-13-6-7-14(18(12-13)15(16)19)8-11-17-9-4-3-5-10-17/h13-14H,2-12H2,1H3,(H2,16,19). The Bertz CT molecular complexity index is 289. The second kappa shape index (κ2) is 7.13. The van der Waals surface area contributed by atoms with Gasteiger partial charge in [-0.1, -0.05) is 19.8 Å². The first kappa shape index (κ1) is 14.6. The third-order valence-electron chi connectivity index (χ3n) is 4.89. The summed E-state index contributed by atoms with van der Waals surface area (Å²) in [5.41, 5.74) is 5.56. The fourth-order valence-electron chi connectivity index (χ4n) is 3.52. The molecule has 110 valence electrons. The third-order valence-corrected chi connectivity index (χ3v) is 4.89. The Balaban J connectivity index is 1.81. The van der Waals surface area contributed by atoms with Crippen LogP contribution in [0.2, 0.25) is 0 Å². The predicted octanol–water partition coefficient (Wildman–Crippen LogP) is 2.43. The Labute approximate surface area is 117 Å². The van der Waals surface area contributed by atoms with E-state index in [1.165, 1.54) is 38.8 Å². The SMILES string of the molecule is CCC1CCC(CCN2CCCCC2)N(C(N)=O)C1. The summed E-state index contributed by atoms with van der Waals surface area (Å²) < 4.78 is 0. The van der Waals surface area contributed by atoms with Gasteiger partial charge in [-0.2, -0.15) is 0 Å². The Morgan fingerprint density at radius 1 is 1.21 bits per heavy atom. The van der Waals surface area contributed by atoms with E-state index in [1.54, 1.807) is 0 Å². The van der Waals surface area contributed by atoms with Crippen molar-refractivity contribution in [3.05, 3.63) is 0 Å². The molecule has 2 atom stereocenters. The highest BCUT2D eigenvalue weighted by Gasteiger charge is 2.29.